The second kappa shape index (κ2) is 11.6. The Kier molecular flexibility index (Phi) is 9.05. The van der Waals surface area contributed by atoms with Gasteiger partial charge < -0.3 is 23.7 Å². The summed E-state index contributed by atoms with van der Waals surface area (Å²) in [7, 11) is -0.738. The van der Waals surface area contributed by atoms with E-state index in [4.69, 9.17) is 37.9 Å². The maximum Gasteiger partial charge on any atom is 0.264 e. The maximum atomic E-state index is 12.0. The maximum absolute atomic E-state index is 12.0. The van der Waals surface area contributed by atoms with Gasteiger partial charge in [-0.15, -0.1) is 0 Å². The molecule has 10 nitrogen and oxygen atoms in total. The van der Waals surface area contributed by atoms with Crippen molar-refractivity contribution in [1.29, 1.82) is 0 Å². The first-order valence-corrected chi connectivity index (χ1v) is 13.0. The summed E-state index contributed by atoms with van der Waals surface area (Å²) in [5, 5.41) is 0. The molecule has 1 aromatic carbocycles. The zero-order valence-electron chi connectivity index (χ0n) is 20.4. The van der Waals surface area contributed by atoms with Gasteiger partial charge in [-0.3, -0.25) is 4.18 Å². The molecule has 0 bridgehead atoms. The van der Waals surface area contributed by atoms with Crippen LogP contribution in [0.25, 0.3) is 0 Å². The highest BCUT2D eigenvalue weighted by Crippen LogP contribution is 2.29. The topological polar surface area (TPSA) is 114 Å². The van der Waals surface area contributed by atoms with Crippen molar-refractivity contribution in [2.45, 2.75) is 64.1 Å². The summed E-state index contributed by atoms with van der Waals surface area (Å²) in [4.78, 5) is 9.52. The van der Waals surface area contributed by atoms with Crippen LogP contribution < -0.4 is 0 Å². The zero-order valence-corrected chi connectivity index (χ0v) is 21.2. The van der Waals surface area contributed by atoms with Crippen molar-refractivity contribution in [1.82, 2.24) is 0 Å². The fourth-order valence-corrected chi connectivity index (χ4v) is 4.55. The van der Waals surface area contributed by atoms with Gasteiger partial charge in [-0.05, 0) is 18.4 Å². The standard InChI is InChI=1S/C23H34N2O8S/c1-14(2)18-22(28-4)25-19(23(24-18)29-5)21(31-12-16-10-8-7-9-11-16)20-17(33-34(6,26)27)13-30-15(3)32-20/h7-11,14-15,17-21H,12-13H2,1-6H3/t15-,17-,18-,19+,20-,21-/m1/s1. The van der Waals surface area contributed by atoms with Gasteiger partial charge in [0, 0.05) is 0 Å². The van der Waals surface area contributed by atoms with E-state index < -0.39 is 40.8 Å². The van der Waals surface area contributed by atoms with Crippen molar-refractivity contribution in [3.8, 4) is 0 Å². The Morgan fingerprint density at radius 3 is 2.26 bits per heavy atom. The van der Waals surface area contributed by atoms with E-state index in [0.717, 1.165) is 11.8 Å². The molecule has 3 rings (SSSR count). The van der Waals surface area contributed by atoms with E-state index >= 15 is 0 Å². The number of methoxy groups -OCH3 is 2. The fraction of sp³-hybridized carbons (Fsp3) is 0.652. The van der Waals surface area contributed by atoms with Gasteiger partial charge in [-0.25, -0.2) is 9.98 Å². The molecule has 6 atom stereocenters. The molecular formula is C23H34N2O8S. The molecule has 0 aliphatic carbocycles. The molecule has 0 amide bonds. The lowest BCUT2D eigenvalue weighted by Crippen LogP contribution is -2.57. The first-order chi connectivity index (χ1) is 16.1. The fourth-order valence-electron chi connectivity index (χ4n) is 3.93. The molecule has 0 aromatic heterocycles. The second-order valence-electron chi connectivity index (χ2n) is 8.58. The summed E-state index contributed by atoms with van der Waals surface area (Å²) in [5.41, 5.74) is 0.927. The first-order valence-electron chi connectivity index (χ1n) is 11.2. The summed E-state index contributed by atoms with van der Waals surface area (Å²) in [6.07, 6.45) is -2.22. The monoisotopic (exact) mass is 498 g/mol. The van der Waals surface area contributed by atoms with E-state index in [1.165, 1.54) is 7.11 Å². The highest BCUT2D eigenvalue weighted by molar-refractivity contribution is 7.86. The van der Waals surface area contributed by atoms with E-state index in [1.54, 1.807) is 14.0 Å². The SMILES string of the molecule is COC1=N[C@H](C(C)C)C(OC)=N[C@H]1[C@@H](OCc1ccccc1)[C@@H]1O[C@H](C)OC[C@H]1OS(C)(=O)=O. The van der Waals surface area contributed by atoms with Gasteiger partial charge >= 0.3 is 0 Å². The number of aliphatic imine (C=N–C) groups is 2. The average molecular weight is 499 g/mol. The van der Waals surface area contributed by atoms with E-state index in [1.807, 2.05) is 44.2 Å². The lowest BCUT2D eigenvalue weighted by Gasteiger charge is -2.41. The van der Waals surface area contributed by atoms with Crippen molar-refractivity contribution in [3.05, 3.63) is 35.9 Å². The van der Waals surface area contributed by atoms with E-state index in [9.17, 15) is 8.42 Å². The Bertz CT molecular complexity index is 966. The van der Waals surface area contributed by atoms with E-state index in [0.29, 0.717) is 11.8 Å². The molecule has 2 aliphatic heterocycles. The third-order valence-corrected chi connectivity index (χ3v) is 6.11. The Labute approximate surface area is 201 Å². The third-order valence-electron chi connectivity index (χ3n) is 5.52. The molecule has 34 heavy (non-hydrogen) atoms. The van der Waals surface area contributed by atoms with E-state index in [-0.39, 0.29) is 25.2 Å². The van der Waals surface area contributed by atoms with Crippen molar-refractivity contribution in [3.63, 3.8) is 0 Å². The molecule has 2 aliphatic rings. The highest BCUT2D eigenvalue weighted by Gasteiger charge is 2.47. The molecule has 0 spiro atoms. The van der Waals surface area contributed by atoms with Crippen LogP contribution >= 0.6 is 0 Å². The summed E-state index contributed by atoms with van der Waals surface area (Å²) < 4.78 is 58.3. The summed E-state index contributed by atoms with van der Waals surface area (Å²) in [5.74, 6) is 0.905. The predicted molar refractivity (Wildman–Crippen MR) is 126 cm³/mol. The number of rotatable bonds is 8. The molecule has 2 heterocycles. The number of benzene rings is 1. The van der Waals surface area contributed by atoms with Crippen LogP contribution in [0, 0.1) is 5.92 Å². The minimum Gasteiger partial charge on any atom is -0.483 e. The number of hydrogen-bond donors (Lipinski definition) is 0. The van der Waals surface area contributed by atoms with Crippen molar-refractivity contribution < 1.29 is 36.3 Å². The molecule has 1 saturated heterocycles. The molecular weight excluding hydrogens is 464 g/mol. The minimum absolute atomic E-state index is 0.00570. The number of ether oxygens (including phenoxy) is 5. The Balaban J connectivity index is 2.01. The van der Waals surface area contributed by atoms with E-state index in [2.05, 4.69) is 0 Å². The summed E-state index contributed by atoms with van der Waals surface area (Å²) in [6, 6.07) is 8.53. The van der Waals surface area contributed by atoms with Crippen molar-refractivity contribution in [2.24, 2.45) is 15.9 Å². The van der Waals surface area contributed by atoms with Crippen LogP contribution in [-0.4, -0.2) is 84.0 Å². The van der Waals surface area contributed by atoms with Gasteiger partial charge in [0.05, 0.1) is 33.7 Å². The van der Waals surface area contributed by atoms with Crippen LogP contribution in [0.3, 0.4) is 0 Å². The second-order valence-corrected chi connectivity index (χ2v) is 10.2. The third kappa shape index (κ3) is 6.76. The van der Waals surface area contributed by atoms with Crippen molar-refractivity contribution >= 4 is 21.9 Å². The van der Waals surface area contributed by atoms with Gasteiger partial charge in [0.2, 0.25) is 11.8 Å². The minimum atomic E-state index is -3.80. The molecule has 11 heteroatoms. The van der Waals surface area contributed by atoms with Crippen molar-refractivity contribution in [2.75, 3.05) is 27.1 Å². The molecule has 0 radical (unpaired) electrons. The molecule has 0 N–H and O–H groups in total. The van der Waals surface area contributed by atoms with Crippen LogP contribution in [0.5, 0.6) is 0 Å². The summed E-state index contributed by atoms with van der Waals surface area (Å²) >= 11 is 0. The predicted octanol–water partition coefficient (Wildman–Crippen LogP) is 2.17. The lowest BCUT2D eigenvalue weighted by molar-refractivity contribution is -0.264. The molecule has 190 valence electrons. The van der Waals surface area contributed by atoms with Crippen LogP contribution in [0.1, 0.15) is 26.3 Å². The molecule has 0 unspecified atom stereocenters. The molecule has 1 aromatic rings. The van der Waals surface area contributed by atoms with Crippen LogP contribution in [0.2, 0.25) is 0 Å². The Morgan fingerprint density at radius 2 is 1.68 bits per heavy atom. The molecule has 1 fully saturated rings. The highest BCUT2D eigenvalue weighted by atomic mass is 32.2. The van der Waals surface area contributed by atoms with Crippen LogP contribution in [0.4, 0.5) is 0 Å². The normalized spacial score (nSPS) is 28.7. The van der Waals surface area contributed by atoms with Gasteiger partial charge in [-0.2, -0.15) is 8.42 Å². The smallest absolute Gasteiger partial charge is 0.264 e. The van der Waals surface area contributed by atoms with Crippen LogP contribution in [0.15, 0.2) is 40.3 Å². The lowest BCUT2D eigenvalue weighted by atomic mass is 9.97. The van der Waals surface area contributed by atoms with Gasteiger partial charge in [0.25, 0.3) is 10.1 Å². The zero-order chi connectivity index (χ0) is 24.9. The average Bonchev–Trinajstić information content (AvgIpc) is 2.80. The first kappa shape index (κ1) is 26.6. The number of hydrogen-bond acceptors (Lipinski definition) is 10. The van der Waals surface area contributed by atoms with Crippen LogP contribution in [-0.2, 0) is 44.6 Å². The summed E-state index contributed by atoms with van der Waals surface area (Å²) in [6.45, 7) is 5.98. The molecule has 0 saturated carbocycles. The van der Waals surface area contributed by atoms with Gasteiger partial charge in [-0.1, -0.05) is 44.2 Å². The van der Waals surface area contributed by atoms with Gasteiger partial charge in [0.1, 0.15) is 24.4 Å². The van der Waals surface area contributed by atoms with Gasteiger partial charge in [0.15, 0.2) is 12.3 Å². The Morgan fingerprint density at radius 1 is 1.06 bits per heavy atom. The number of nitrogens with zero attached hydrogens (tertiary/aromatic N) is 2. The Hall–Kier alpha value is -2.05. The largest absolute Gasteiger partial charge is 0.483 e. The quantitative estimate of drug-likeness (QED) is 0.501.